The Balaban J connectivity index is 1.55. The molecule has 0 radical (unpaired) electrons. The SMILES string of the molecule is FC(F)(F)c1ncc(-c2cc(CN3Cc4ccccc4C3)nc(Cl)n2)cn1. The lowest BCUT2D eigenvalue weighted by Gasteiger charge is -2.15. The van der Waals surface area contributed by atoms with Crippen LogP contribution in [0.25, 0.3) is 11.3 Å². The van der Waals surface area contributed by atoms with Gasteiger partial charge in [0.15, 0.2) is 0 Å². The van der Waals surface area contributed by atoms with Crippen molar-refractivity contribution < 1.29 is 13.2 Å². The Morgan fingerprint density at radius 1 is 1.00 bits per heavy atom. The van der Waals surface area contributed by atoms with Crippen LogP contribution in [0.5, 0.6) is 0 Å². The molecule has 0 unspecified atom stereocenters. The molecule has 0 atom stereocenters. The molecule has 0 aliphatic carbocycles. The number of aromatic nitrogens is 4. The molecule has 0 saturated heterocycles. The molecular weight excluding hydrogens is 379 g/mol. The molecule has 1 aliphatic heterocycles. The highest BCUT2D eigenvalue weighted by atomic mass is 35.5. The van der Waals surface area contributed by atoms with Crippen LogP contribution in [0.4, 0.5) is 13.2 Å². The van der Waals surface area contributed by atoms with Gasteiger partial charge in [0.1, 0.15) is 0 Å². The standard InChI is InChI=1S/C18H13ClF3N5/c19-17-25-14(10-27-8-11-3-1-2-4-12(11)9-27)5-15(26-17)13-6-23-16(24-7-13)18(20,21)22/h1-7H,8-10H2. The van der Waals surface area contributed by atoms with Crippen LogP contribution in [0, 0.1) is 0 Å². The van der Waals surface area contributed by atoms with Crippen LogP contribution in [0.2, 0.25) is 5.28 Å². The number of halogens is 4. The molecule has 138 valence electrons. The van der Waals surface area contributed by atoms with Crippen LogP contribution in [0.3, 0.4) is 0 Å². The molecule has 0 spiro atoms. The molecule has 0 amide bonds. The summed E-state index contributed by atoms with van der Waals surface area (Å²) in [6, 6.07) is 9.89. The van der Waals surface area contributed by atoms with E-state index < -0.39 is 12.0 Å². The Hall–Kier alpha value is -2.58. The second-order valence-corrected chi connectivity index (χ2v) is 6.56. The molecule has 27 heavy (non-hydrogen) atoms. The third-order valence-electron chi connectivity index (χ3n) is 4.24. The number of fused-ring (bicyclic) bond motifs is 1. The average Bonchev–Trinajstić information content (AvgIpc) is 3.03. The predicted octanol–water partition coefficient (Wildman–Crippen LogP) is 4.12. The molecule has 0 bridgehead atoms. The molecular formula is C18H13ClF3N5. The molecule has 4 rings (SSSR count). The van der Waals surface area contributed by atoms with E-state index in [9.17, 15) is 13.2 Å². The fourth-order valence-corrected chi connectivity index (χ4v) is 3.25. The Kier molecular flexibility index (Phi) is 4.53. The fourth-order valence-electron chi connectivity index (χ4n) is 3.05. The summed E-state index contributed by atoms with van der Waals surface area (Å²) in [4.78, 5) is 17.3. The lowest BCUT2D eigenvalue weighted by atomic mass is 10.1. The largest absolute Gasteiger partial charge is 0.451 e. The van der Waals surface area contributed by atoms with Gasteiger partial charge in [-0.2, -0.15) is 13.2 Å². The van der Waals surface area contributed by atoms with Crippen LogP contribution in [0.1, 0.15) is 22.6 Å². The van der Waals surface area contributed by atoms with Gasteiger partial charge in [-0.1, -0.05) is 24.3 Å². The maximum absolute atomic E-state index is 12.6. The van der Waals surface area contributed by atoms with Gasteiger partial charge in [0.05, 0.1) is 11.4 Å². The number of alkyl halides is 3. The first-order valence-electron chi connectivity index (χ1n) is 8.11. The predicted molar refractivity (Wildman–Crippen MR) is 92.5 cm³/mol. The van der Waals surface area contributed by atoms with Gasteiger partial charge in [-0.25, -0.2) is 19.9 Å². The third kappa shape index (κ3) is 3.91. The Labute approximate surface area is 157 Å². The van der Waals surface area contributed by atoms with Gasteiger partial charge in [-0.3, -0.25) is 4.90 Å². The summed E-state index contributed by atoms with van der Waals surface area (Å²) in [5, 5.41) is 0.0270. The van der Waals surface area contributed by atoms with Crippen molar-refractivity contribution in [1.82, 2.24) is 24.8 Å². The molecule has 1 aromatic carbocycles. The molecule has 9 heteroatoms. The van der Waals surface area contributed by atoms with E-state index in [0.29, 0.717) is 23.5 Å². The summed E-state index contributed by atoms with van der Waals surface area (Å²) < 4.78 is 37.8. The van der Waals surface area contributed by atoms with Crippen molar-refractivity contribution in [2.24, 2.45) is 0 Å². The quantitative estimate of drug-likeness (QED) is 0.628. The summed E-state index contributed by atoms with van der Waals surface area (Å²) in [6.45, 7) is 2.15. The van der Waals surface area contributed by atoms with Gasteiger partial charge in [0.25, 0.3) is 0 Å². The number of nitrogens with zero attached hydrogens (tertiary/aromatic N) is 5. The van der Waals surface area contributed by atoms with Crippen molar-refractivity contribution in [2.45, 2.75) is 25.8 Å². The second-order valence-electron chi connectivity index (χ2n) is 6.22. The highest BCUT2D eigenvalue weighted by Gasteiger charge is 2.34. The van der Waals surface area contributed by atoms with Crippen molar-refractivity contribution in [1.29, 1.82) is 0 Å². The lowest BCUT2D eigenvalue weighted by Crippen LogP contribution is -2.17. The van der Waals surface area contributed by atoms with Gasteiger partial charge in [-0.05, 0) is 28.8 Å². The fraction of sp³-hybridized carbons (Fsp3) is 0.222. The van der Waals surface area contributed by atoms with Gasteiger partial charge in [-0.15, -0.1) is 0 Å². The first kappa shape index (κ1) is 17.8. The highest BCUT2D eigenvalue weighted by Crippen LogP contribution is 2.28. The summed E-state index contributed by atoms with van der Waals surface area (Å²) in [5.74, 6) is -1.19. The average molecular weight is 392 g/mol. The summed E-state index contributed by atoms with van der Waals surface area (Å²) in [7, 11) is 0. The van der Waals surface area contributed by atoms with Crippen molar-refractivity contribution in [2.75, 3.05) is 0 Å². The van der Waals surface area contributed by atoms with E-state index >= 15 is 0 Å². The third-order valence-corrected chi connectivity index (χ3v) is 4.41. The Morgan fingerprint density at radius 3 is 2.22 bits per heavy atom. The monoisotopic (exact) mass is 391 g/mol. The van der Waals surface area contributed by atoms with Crippen molar-refractivity contribution in [3.05, 3.63) is 70.7 Å². The van der Waals surface area contributed by atoms with E-state index in [0.717, 1.165) is 25.5 Å². The maximum atomic E-state index is 12.6. The van der Waals surface area contributed by atoms with Crippen LogP contribution in [0.15, 0.2) is 42.7 Å². The van der Waals surface area contributed by atoms with Crippen molar-refractivity contribution in [3.8, 4) is 11.3 Å². The molecule has 3 heterocycles. The zero-order valence-electron chi connectivity index (χ0n) is 13.9. The Morgan fingerprint density at radius 2 is 1.63 bits per heavy atom. The van der Waals surface area contributed by atoms with Gasteiger partial charge >= 0.3 is 6.18 Å². The van der Waals surface area contributed by atoms with Crippen LogP contribution in [-0.4, -0.2) is 24.8 Å². The zero-order chi connectivity index (χ0) is 19.0. The summed E-state index contributed by atoms with van der Waals surface area (Å²) in [5.41, 5.74) is 3.95. The lowest BCUT2D eigenvalue weighted by molar-refractivity contribution is -0.144. The van der Waals surface area contributed by atoms with Crippen LogP contribution >= 0.6 is 11.6 Å². The van der Waals surface area contributed by atoms with E-state index in [1.165, 1.54) is 11.1 Å². The summed E-state index contributed by atoms with van der Waals surface area (Å²) in [6.07, 6.45) is -2.41. The first-order chi connectivity index (χ1) is 12.9. The molecule has 1 aliphatic rings. The molecule has 3 aromatic rings. The van der Waals surface area contributed by atoms with Crippen LogP contribution in [-0.2, 0) is 25.8 Å². The van der Waals surface area contributed by atoms with E-state index in [4.69, 9.17) is 11.6 Å². The maximum Gasteiger partial charge on any atom is 0.451 e. The molecule has 0 N–H and O–H groups in total. The van der Waals surface area contributed by atoms with E-state index in [1.54, 1.807) is 6.07 Å². The minimum absolute atomic E-state index is 0.0270. The van der Waals surface area contributed by atoms with Crippen molar-refractivity contribution in [3.63, 3.8) is 0 Å². The number of hydrogen-bond donors (Lipinski definition) is 0. The highest BCUT2D eigenvalue weighted by molar-refractivity contribution is 6.28. The molecule has 0 saturated carbocycles. The smallest absolute Gasteiger partial charge is 0.289 e. The molecule has 2 aromatic heterocycles. The van der Waals surface area contributed by atoms with Gasteiger partial charge in [0.2, 0.25) is 11.1 Å². The molecule has 0 fully saturated rings. The number of benzene rings is 1. The van der Waals surface area contributed by atoms with Gasteiger partial charge in [0, 0.05) is 37.6 Å². The number of hydrogen-bond acceptors (Lipinski definition) is 5. The van der Waals surface area contributed by atoms with E-state index in [-0.39, 0.29) is 5.28 Å². The minimum Gasteiger partial charge on any atom is -0.289 e. The topological polar surface area (TPSA) is 54.8 Å². The minimum atomic E-state index is -4.59. The van der Waals surface area contributed by atoms with Crippen molar-refractivity contribution >= 4 is 11.6 Å². The normalized spacial score (nSPS) is 14.4. The van der Waals surface area contributed by atoms with Crippen LogP contribution < -0.4 is 0 Å². The Bertz CT molecular complexity index is 950. The number of rotatable bonds is 3. The van der Waals surface area contributed by atoms with E-state index in [2.05, 4.69) is 37.0 Å². The van der Waals surface area contributed by atoms with E-state index in [1.807, 2.05) is 12.1 Å². The second kappa shape index (κ2) is 6.86. The summed E-state index contributed by atoms with van der Waals surface area (Å²) >= 11 is 6.02. The zero-order valence-corrected chi connectivity index (χ0v) is 14.7. The first-order valence-corrected chi connectivity index (χ1v) is 8.48. The van der Waals surface area contributed by atoms with Gasteiger partial charge < -0.3 is 0 Å². The molecule has 5 nitrogen and oxygen atoms in total.